The molecular weight excluding hydrogens is 232 g/mol. The standard InChI is InChI=1S/C17H24N2/c1-3-7-16(8-4-1)15-18-11-13-19(14-12-18)17-9-5-2-6-10-17/h1-3,5-6,9-10,16H,4,7-8,11-15H2. The summed E-state index contributed by atoms with van der Waals surface area (Å²) in [5, 5.41) is 0. The lowest BCUT2D eigenvalue weighted by molar-refractivity contribution is 0.211. The van der Waals surface area contributed by atoms with Crippen molar-refractivity contribution in [3.8, 4) is 0 Å². The van der Waals surface area contributed by atoms with Crippen molar-refractivity contribution >= 4 is 5.69 Å². The summed E-state index contributed by atoms with van der Waals surface area (Å²) >= 11 is 0. The third-order valence-corrected chi connectivity index (χ3v) is 4.39. The summed E-state index contributed by atoms with van der Waals surface area (Å²) < 4.78 is 0. The van der Waals surface area contributed by atoms with E-state index < -0.39 is 0 Å². The summed E-state index contributed by atoms with van der Waals surface area (Å²) in [7, 11) is 0. The maximum Gasteiger partial charge on any atom is 0.0367 e. The fourth-order valence-electron chi connectivity index (χ4n) is 3.21. The predicted molar refractivity (Wildman–Crippen MR) is 81.6 cm³/mol. The molecular formula is C17H24N2. The molecule has 2 aliphatic rings. The van der Waals surface area contributed by atoms with Gasteiger partial charge in [-0.1, -0.05) is 30.4 Å². The molecule has 1 aromatic rings. The van der Waals surface area contributed by atoms with Gasteiger partial charge in [-0.25, -0.2) is 0 Å². The highest BCUT2D eigenvalue weighted by atomic mass is 15.3. The van der Waals surface area contributed by atoms with Crippen LogP contribution in [0.5, 0.6) is 0 Å². The number of nitrogens with zero attached hydrogens (tertiary/aromatic N) is 2. The van der Waals surface area contributed by atoms with Gasteiger partial charge >= 0.3 is 0 Å². The van der Waals surface area contributed by atoms with E-state index in [2.05, 4.69) is 52.3 Å². The van der Waals surface area contributed by atoms with E-state index in [9.17, 15) is 0 Å². The summed E-state index contributed by atoms with van der Waals surface area (Å²) in [6.45, 7) is 6.08. The molecule has 2 heteroatoms. The SMILES string of the molecule is C1=CCC(CN2CCN(c3ccccc3)CC2)CC1. The van der Waals surface area contributed by atoms with Crippen molar-refractivity contribution in [2.45, 2.75) is 19.3 Å². The molecule has 1 unspecified atom stereocenters. The lowest BCUT2D eigenvalue weighted by atomic mass is 9.94. The topological polar surface area (TPSA) is 6.48 Å². The van der Waals surface area contributed by atoms with Crippen LogP contribution in [0.1, 0.15) is 19.3 Å². The molecule has 0 radical (unpaired) electrons. The molecule has 19 heavy (non-hydrogen) atoms. The van der Waals surface area contributed by atoms with Crippen LogP contribution in [0.25, 0.3) is 0 Å². The van der Waals surface area contributed by atoms with Gasteiger partial charge in [0.1, 0.15) is 0 Å². The Balaban J connectivity index is 1.48. The Kier molecular flexibility index (Phi) is 4.19. The highest BCUT2D eigenvalue weighted by Crippen LogP contribution is 2.21. The van der Waals surface area contributed by atoms with Crippen molar-refractivity contribution in [1.29, 1.82) is 0 Å². The van der Waals surface area contributed by atoms with Crippen molar-refractivity contribution < 1.29 is 0 Å². The number of allylic oxidation sites excluding steroid dienone is 2. The second-order valence-electron chi connectivity index (χ2n) is 5.77. The van der Waals surface area contributed by atoms with Crippen molar-refractivity contribution in [2.24, 2.45) is 5.92 Å². The van der Waals surface area contributed by atoms with Crippen molar-refractivity contribution in [3.63, 3.8) is 0 Å². The van der Waals surface area contributed by atoms with Crippen LogP contribution in [-0.4, -0.2) is 37.6 Å². The van der Waals surface area contributed by atoms with Crippen molar-refractivity contribution in [2.75, 3.05) is 37.6 Å². The molecule has 2 nitrogen and oxygen atoms in total. The maximum absolute atomic E-state index is 2.66. The van der Waals surface area contributed by atoms with Crippen molar-refractivity contribution in [1.82, 2.24) is 4.90 Å². The van der Waals surface area contributed by atoms with E-state index in [1.165, 1.54) is 57.7 Å². The summed E-state index contributed by atoms with van der Waals surface area (Å²) in [6.07, 6.45) is 8.67. The molecule has 0 amide bonds. The van der Waals surface area contributed by atoms with Crippen molar-refractivity contribution in [3.05, 3.63) is 42.5 Å². The number of hydrogen-bond acceptors (Lipinski definition) is 2. The molecule has 0 N–H and O–H groups in total. The summed E-state index contributed by atoms with van der Waals surface area (Å²) in [5.41, 5.74) is 1.38. The molecule has 1 aliphatic heterocycles. The van der Waals surface area contributed by atoms with Gasteiger partial charge in [0.05, 0.1) is 0 Å². The Morgan fingerprint density at radius 2 is 1.74 bits per heavy atom. The molecule has 0 bridgehead atoms. The number of anilines is 1. The molecule has 1 aliphatic carbocycles. The van der Waals surface area contributed by atoms with E-state index in [-0.39, 0.29) is 0 Å². The van der Waals surface area contributed by atoms with Gasteiger partial charge in [0.15, 0.2) is 0 Å². The van der Waals surface area contributed by atoms with Gasteiger partial charge in [-0.15, -0.1) is 0 Å². The van der Waals surface area contributed by atoms with E-state index in [0.717, 1.165) is 5.92 Å². The van der Waals surface area contributed by atoms with Gasteiger partial charge in [-0.2, -0.15) is 0 Å². The Morgan fingerprint density at radius 3 is 2.42 bits per heavy atom. The van der Waals surface area contributed by atoms with E-state index in [1.807, 2.05) is 0 Å². The number of hydrogen-bond donors (Lipinski definition) is 0. The first-order valence-electron chi connectivity index (χ1n) is 7.59. The molecule has 1 fully saturated rings. The maximum atomic E-state index is 2.66. The summed E-state index contributed by atoms with van der Waals surface area (Å²) in [5.74, 6) is 0.897. The first-order chi connectivity index (χ1) is 9.42. The Labute approximate surface area is 116 Å². The normalized spacial score (nSPS) is 24.6. The minimum atomic E-state index is 0.897. The summed E-state index contributed by atoms with van der Waals surface area (Å²) in [6, 6.07) is 10.8. The average molecular weight is 256 g/mol. The van der Waals surface area contributed by atoms with Crippen LogP contribution >= 0.6 is 0 Å². The average Bonchev–Trinajstić information content (AvgIpc) is 2.50. The van der Waals surface area contributed by atoms with Crippen LogP contribution in [0.15, 0.2) is 42.5 Å². The molecule has 1 atom stereocenters. The molecule has 1 aromatic carbocycles. The van der Waals surface area contributed by atoms with Crippen LogP contribution in [0.4, 0.5) is 5.69 Å². The zero-order chi connectivity index (χ0) is 12.9. The van der Waals surface area contributed by atoms with E-state index >= 15 is 0 Å². The number of piperazine rings is 1. The van der Waals surface area contributed by atoms with Crippen LogP contribution < -0.4 is 4.90 Å². The van der Waals surface area contributed by atoms with Gasteiger partial charge in [-0.05, 0) is 37.3 Å². The molecule has 102 valence electrons. The molecule has 1 saturated heterocycles. The molecule has 3 rings (SSSR count). The Morgan fingerprint density at radius 1 is 0.947 bits per heavy atom. The fraction of sp³-hybridized carbons (Fsp3) is 0.529. The number of rotatable bonds is 3. The second kappa shape index (κ2) is 6.25. The van der Waals surface area contributed by atoms with Crippen LogP contribution in [0, 0.1) is 5.92 Å². The lowest BCUT2D eigenvalue weighted by Gasteiger charge is -2.37. The highest BCUT2D eigenvalue weighted by molar-refractivity contribution is 5.46. The van der Waals surface area contributed by atoms with Gasteiger partial charge in [0, 0.05) is 38.4 Å². The third kappa shape index (κ3) is 3.38. The monoisotopic (exact) mass is 256 g/mol. The van der Waals surface area contributed by atoms with E-state index in [1.54, 1.807) is 0 Å². The molecule has 0 spiro atoms. The van der Waals surface area contributed by atoms with Crippen LogP contribution in [-0.2, 0) is 0 Å². The number of para-hydroxylation sites is 1. The van der Waals surface area contributed by atoms with E-state index in [4.69, 9.17) is 0 Å². The smallest absolute Gasteiger partial charge is 0.0367 e. The summed E-state index contributed by atoms with van der Waals surface area (Å²) in [4.78, 5) is 5.17. The predicted octanol–water partition coefficient (Wildman–Crippen LogP) is 3.16. The Hall–Kier alpha value is -1.28. The zero-order valence-corrected chi connectivity index (χ0v) is 11.7. The van der Waals surface area contributed by atoms with Gasteiger partial charge in [0.2, 0.25) is 0 Å². The second-order valence-corrected chi connectivity index (χ2v) is 5.77. The first kappa shape index (κ1) is 12.7. The van der Waals surface area contributed by atoms with Crippen LogP contribution in [0.3, 0.4) is 0 Å². The first-order valence-corrected chi connectivity index (χ1v) is 7.59. The third-order valence-electron chi connectivity index (χ3n) is 4.39. The van der Waals surface area contributed by atoms with Gasteiger partial charge in [0.25, 0.3) is 0 Å². The molecule has 0 saturated carbocycles. The highest BCUT2D eigenvalue weighted by Gasteiger charge is 2.20. The molecule has 0 aromatic heterocycles. The Bertz CT molecular complexity index is 405. The largest absolute Gasteiger partial charge is 0.369 e. The van der Waals surface area contributed by atoms with Crippen LogP contribution in [0.2, 0.25) is 0 Å². The fourth-order valence-corrected chi connectivity index (χ4v) is 3.21. The number of benzene rings is 1. The van der Waals surface area contributed by atoms with E-state index in [0.29, 0.717) is 0 Å². The minimum Gasteiger partial charge on any atom is -0.369 e. The quantitative estimate of drug-likeness (QED) is 0.767. The van der Waals surface area contributed by atoms with Gasteiger partial charge < -0.3 is 4.90 Å². The van der Waals surface area contributed by atoms with Gasteiger partial charge in [-0.3, -0.25) is 4.90 Å². The minimum absolute atomic E-state index is 0.897. The molecule has 1 heterocycles. The lowest BCUT2D eigenvalue weighted by Crippen LogP contribution is -2.47. The zero-order valence-electron chi connectivity index (χ0n) is 11.7.